The molecule has 1 saturated heterocycles. The fourth-order valence-corrected chi connectivity index (χ4v) is 1.71. The molecule has 0 spiro atoms. The van der Waals surface area contributed by atoms with E-state index in [2.05, 4.69) is 11.8 Å². The largest absolute Gasteiger partial charge is 0.459 e. The van der Waals surface area contributed by atoms with Crippen molar-refractivity contribution < 1.29 is 9.53 Å². The van der Waals surface area contributed by atoms with E-state index in [1.54, 1.807) is 13.0 Å². The number of nitrogens with zero attached hydrogens (tertiary/aromatic N) is 1. The summed E-state index contributed by atoms with van der Waals surface area (Å²) in [5.74, 6) is -0.160. The molecule has 3 nitrogen and oxygen atoms in total. The first kappa shape index (κ1) is 12.2. The first-order chi connectivity index (χ1) is 7.17. The van der Waals surface area contributed by atoms with Crippen LogP contribution < -0.4 is 0 Å². The highest BCUT2D eigenvalue weighted by Crippen LogP contribution is 2.14. The number of carbonyl (C=O) groups is 1. The molecule has 0 aliphatic carbocycles. The number of likely N-dealkylation sites (tertiary alicyclic amines) is 1. The lowest BCUT2D eigenvalue weighted by Crippen LogP contribution is -2.37. The van der Waals surface area contributed by atoms with Crippen LogP contribution in [0.5, 0.6) is 0 Å². The van der Waals surface area contributed by atoms with Crippen LogP contribution in [0.1, 0.15) is 33.6 Å². The zero-order chi connectivity index (χ0) is 11.3. The summed E-state index contributed by atoms with van der Waals surface area (Å²) in [6.07, 6.45) is 3.85. The second kappa shape index (κ2) is 5.91. The van der Waals surface area contributed by atoms with E-state index in [0.717, 1.165) is 32.5 Å². The maximum absolute atomic E-state index is 11.5. The summed E-state index contributed by atoms with van der Waals surface area (Å²) >= 11 is 0. The highest BCUT2D eigenvalue weighted by Gasteiger charge is 2.21. The molecule has 1 aliphatic heterocycles. The van der Waals surface area contributed by atoms with Crippen LogP contribution in [-0.4, -0.2) is 36.6 Å². The maximum atomic E-state index is 11.5. The molecule has 0 aromatic heterocycles. The Morgan fingerprint density at radius 2 is 2.07 bits per heavy atom. The predicted octanol–water partition coefficient (Wildman–Crippen LogP) is 1.98. The Bertz CT molecular complexity index is 240. The number of hydrogen-bond acceptors (Lipinski definition) is 3. The number of piperidine rings is 1. The van der Waals surface area contributed by atoms with Crippen LogP contribution in [0.15, 0.2) is 11.6 Å². The van der Waals surface area contributed by atoms with Gasteiger partial charge in [0.1, 0.15) is 6.10 Å². The minimum Gasteiger partial charge on any atom is -0.459 e. The average molecular weight is 211 g/mol. The van der Waals surface area contributed by atoms with Gasteiger partial charge in [0, 0.05) is 18.7 Å². The molecule has 0 unspecified atom stereocenters. The van der Waals surface area contributed by atoms with Crippen molar-refractivity contribution in [1.29, 1.82) is 0 Å². The van der Waals surface area contributed by atoms with Crippen LogP contribution in [0.25, 0.3) is 0 Å². The van der Waals surface area contributed by atoms with Crippen LogP contribution in [0.4, 0.5) is 0 Å². The molecule has 0 amide bonds. The van der Waals surface area contributed by atoms with E-state index in [-0.39, 0.29) is 12.1 Å². The number of rotatable bonds is 3. The number of ether oxygens (including phenoxy) is 1. The standard InChI is InChI=1S/C12H21NO2/c1-4-10(3)12(14)15-11-6-8-13(5-2)9-7-11/h4,11H,5-9H2,1-3H3/b10-4+. The Hall–Kier alpha value is -0.830. The molecule has 0 saturated carbocycles. The Balaban J connectivity index is 2.33. The average Bonchev–Trinajstić information content (AvgIpc) is 2.29. The molecule has 0 aromatic carbocycles. The van der Waals surface area contributed by atoms with E-state index < -0.39 is 0 Å². The van der Waals surface area contributed by atoms with Crippen molar-refractivity contribution in [1.82, 2.24) is 4.90 Å². The van der Waals surface area contributed by atoms with Crippen molar-refractivity contribution in [2.45, 2.75) is 39.7 Å². The summed E-state index contributed by atoms with van der Waals surface area (Å²) in [5, 5.41) is 0. The van der Waals surface area contributed by atoms with Gasteiger partial charge < -0.3 is 9.64 Å². The smallest absolute Gasteiger partial charge is 0.333 e. The van der Waals surface area contributed by atoms with Gasteiger partial charge in [0.25, 0.3) is 0 Å². The molecule has 1 aliphatic rings. The van der Waals surface area contributed by atoms with Gasteiger partial charge in [-0.3, -0.25) is 0 Å². The van der Waals surface area contributed by atoms with Gasteiger partial charge in [-0.2, -0.15) is 0 Å². The van der Waals surface area contributed by atoms with E-state index in [0.29, 0.717) is 5.57 Å². The third-order valence-electron chi connectivity index (χ3n) is 3.01. The second-order valence-electron chi connectivity index (χ2n) is 4.01. The Morgan fingerprint density at radius 1 is 1.47 bits per heavy atom. The van der Waals surface area contributed by atoms with Gasteiger partial charge in [0.15, 0.2) is 0 Å². The summed E-state index contributed by atoms with van der Waals surface area (Å²) in [7, 11) is 0. The molecule has 86 valence electrons. The highest BCUT2D eigenvalue weighted by atomic mass is 16.5. The second-order valence-corrected chi connectivity index (χ2v) is 4.01. The minimum absolute atomic E-state index is 0.121. The summed E-state index contributed by atoms with van der Waals surface area (Å²) < 4.78 is 5.40. The van der Waals surface area contributed by atoms with Gasteiger partial charge >= 0.3 is 5.97 Å². The van der Waals surface area contributed by atoms with Gasteiger partial charge in [-0.05, 0) is 33.2 Å². The van der Waals surface area contributed by atoms with Crippen molar-refractivity contribution in [2.75, 3.05) is 19.6 Å². The molecule has 1 rings (SSSR count). The molecule has 0 N–H and O–H groups in total. The molecule has 0 aromatic rings. The van der Waals surface area contributed by atoms with E-state index in [9.17, 15) is 4.79 Å². The Morgan fingerprint density at radius 3 is 2.53 bits per heavy atom. The molecule has 0 bridgehead atoms. The fourth-order valence-electron chi connectivity index (χ4n) is 1.71. The van der Waals surface area contributed by atoms with E-state index >= 15 is 0 Å². The molecule has 0 atom stereocenters. The fraction of sp³-hybridized carbons (Fsp3) is 0.750. The van der Waals surface area contributed by atoms with E-state index in [4.69, 9.17) is 4.74 Å². The quantitative estimate of drug-likeness (QED) is 0.528. The van der Waals surface area contributed by atoms with Crippen LogP contribution in [-0.2, 0) is 9.53 Å². The SMILES string of the molecule is C/C=C(\C)C(=O)OC1CCN(CC)CC1. The van der Waals surface area contributed by atoms with Crippen molar-refractivity contribution in [2.24, 2.45) is 0 Å². The minimum atomic E-state index is -0.160. The van der Waals surface area contributed by atoms with Gasteiger partial charge in [-0.1, -0.05) is 13.0 Å². The number of allylic oxidation sites excluding steroid dienone is 1. The zero-order valence-corrected chi connectivity index (χ0v) is 9.95. The Labute approximate surface area is 92.1 Å². The van der Waals surface area contributed by atoms with E-state index in [1.807, 2.05) is 6.92 Å². The lowest BCUT2D eigenvalue weighted by molar-refractivity contribution is -0.146. The normalized spacial score (nSPS) is 20.3. The van der Waals surface area contributed by atoms with Crippen LogP contribution in [0.3, 0.4) is 0 Å². The number of esters is 1. The topological polar surface area (TPSA) is 29.5 Å². The van der Waals surface area contributed by atoms with Gasteiger partial charge in [-0.15, -0.1) is 0 Å². The molecule has 3 heteroatoms. The zero-order valence-electron chi connectivity index (χ0n) is 9.95. The summed E-state index contributed by atoms with van der Waals surface area (Å²) in [6, 6.07) is 0. The third-order valence-corrected chi connectivity index (χ3v) is 3.01. The molecule has 1 fully saturated rings. The lowest BCUT2D eigenvalue weighted by Gasteiger charge is -2.30. The summed E-state index contributed by atoms with van der Waals surface area (Å²) in [5.41, 5.74) is 0.702. The van der Waals surface area contributed by atoms with Crippen molar-refractivity contribution in [3.63, 3.8) is 0 Å². The van der Waals surface area contributed by atoms with Crippen molar-refractivity contribution >= 4 is 5.97 Å². The Kier molecular flexibility index (Phi) is 4.82. The van der Waals surface area contributed by atoms with Crippen molar-refractivity contribution in [3.8, 4) is 0 Å². The predicted molar refractivity (Wildman–Crippen MR) is 60.7 cm³/mol. The van der Waals surface area contributed by atoms with Crippen LogP contribution >= 0.6 is 0 Å². The first-order valence-electron chi connectivity index (χ1n) is 5.73. The van der Waals surface area contributed by atoms with Crippen molar-refractivity contribution in [3.05, 3.63) is 11.6 Å². The molecule has 0 radical (unpaired) electrons. The maximum Gasteiger partial charge on any atom is 0.333 e. The lowest BCUT2D eigenvalue weighted by atomic mass is 10.1. The van der Waals surface area contributed by atoms with Gasteiger partial charge in [0.05, 0.1) is 0 Å². The monoisotopic (exact) mass is 211 g/mol. The van der Waals surface area contributed by atoms with E-state index in [1.165, 1.54) is 0 Å². The molecular formula is C12H21NO2. The summed E-state index contributed by atoms with van der Waals surface area (Å²) in [6.45, 7) is 9.00. The van der Waals surface area contributed by atoms with Crippen LogP contribution in [0.2, 0.25) is 0 Å². The first-order valence-corrected chi connectivity index (χ1v) is 5.73. The van der Waals surface area contributed by atoms with Gasteiger partial charge in [0.2, 0.25) is 0 Å². The molecule has 15 heavy (non-hydrogen) atoms. The highest BCUT2D eigenvalue weighted by molar-refractivity contribution is 5.87. The molecule has 1 heterocycles. The third kappa shape index (κ3) is 3.67. The summed E-state index contributed by atoms with van der Waals surface area (Å²) in [4.78, 5) is 13.9. The number of hydrogen-bond donors (Lipinski definition) is 0. The molecular weight excluding hydrogens is 190 g/mol. The number of carbonyl (C=O) groups excluding carboxylic acids is 1. The van der Waals surface area contributed by atoms with Crippen LogP contribution in [0, 0.1) is 0 Å². The van der Waals surface area contributed by atoms with Gasteiger partial charge in [-0.25, -0.2) is 4.79 Å².